The van der Waals surface area contributed by atoms with Crippen molar-refractivity contribution in [2.45, 2.75) is 38.3 Å². The normalized spacial score (nSPS) is 23.5. The first-order chi connectivity index (χ1) is 11.5. The number of carbonyl (C=O) groups is 2. The van der Waals surface area contributed by atoms with Gasteiger partial charge in [0.15, 0.2) is 5.11 Å². The van der Waals surface area contributed by atoms with E-state index in [1.165, 1.54) is 4.90 Å². The lowest BCUT2D eigenvalue weighted by Crippen LogP contribution is -2.62. The molecule has 2 fully saturated rings. The van der Waals surface area contributed by atoms with Gasteiger partial charge in [0.2, 0.25) is 11.8 Å². The molecule has 24 heavy (non-hydrogen) atoms. The maximum absolute atomic E-state index is 12.6. The molecule has 3 rings (SSSR count). The van der Waals surface area contributed by atoms with Crippen LogP contribution in [0.5, 0.6) is 0 Å². The molecule has 0 aromatic heterocycles. The first-order valence-corrected chi connectivity index (χ1v) is 8.96. The van der Waals surface area contributed by atoms with Crippen LogP contribution in [0.25, 0.3) is 0 Å². The van der Waals surface area contributed by atoms with Crippen molar-refractivity contribution in [2.75, 3.05) is 6.54 Å². The van der Waals surface area contributed by atoms with Gasteiger partial charge < -0.3 is 10.6 Å². The summed E-state index contributed by atoms with van der Waals surface area (Å²) >= 11 is 11.1. The molecule has 1 aromatic carbocycles. The summed E-state index contributed by atoms with van der Waals surface area (Å²) in [5, 5.41) is 7.06. The molecule has 1 saturated heterocycles. The largest absolute Gasteiger partial charge is 0.359 e. The second-order valence-corrected chi connectivity index (χ2v) is 7.10. The molecule has 2 aliphatic rings. The highest BCUT2D eigenvalue weighted by molar-refractivity contribution is 7.80. The number of benzene rings is 1. The fourth-order valence-electron chi connectivity index (χ4n) is 3.29. The van der Waals surface area contributed by atoms with E-state index in [1.54, 1.807) is 12.1 Å². The van der Waals surface area contributed by atoms with E-state index in [9.17, 15) is 9.59 Å². The van der Waals surface area contributed by atoms with E-state index < -0.39 is 0 Å². The Kier molecular flexibility index (Phi) is 5.36. The van der Waals surface area contributed by atoms with Crippen LogP contribution in [-0.2, 0) is 16.1 Å². The molecule has 128 valence electrons. The van der Waals surface area contributed by atoms with Crippen LogP contribution < -0.4 is 10.6 Å². The number of nitrogens with zero attached hydrogens (tertiary/aromatic N) is 1. The molecule has 1 aromatic rings. The summed E-state index contributed by atoms with van der Waals surface area (Å²) in [4.78, 5) is 26.2. The average Bonchev–Trinajstić information content (AvgIpc) is 2.58. The van der Waals surface area contributed by atoms with Crippen LogP contribution in [0.2, 0.25) is 5.02 Å². The SMILES string of the molecule is O=C(CN1C(=O)C2CCCCC2NC1=S)NCc1ccc(Cl)cc1. The van der Waals surface area contributed by atoms with Crippen molar-refractivity contribution >= 4 is 40.7 Å². The Labute approximate surface area is 151 Å². The van der Waals surface area contributed by atoms with Gasteiger partial charge in [-0.05, 0) is 42.8 Å². The average molecular weight is 366 g/mol. The number of rotatable bonds is 4. The topological polar surface area (TPSA) is 61.4 Å². The van der Waals surface area contributed by atoms with Gasteiger partial charge in [0.05, 0.1) is 5.92 Å². The predicted octanol–water partition coefficient (Wildman–Crippen LogP) is 2.23. The number of nitrogens with one attached hydrogen (secondary N) is 2. The molecule has 2 atom stereocenters. The van der Waals surface area contributed by atoms with Crippen LogP contribution in [0.1, 0.15) is 31.2 Å². The summed E-state index contributed by atoms with van der Waals surface area (Å²) in [5.41, 5.74) is 0.950. The van der Waals surface area contributed by atoms with Gasteiger partial charge in [-0.15, -0.1) is 0 Å². The second kappa shape index (κ2) is 7.49. The van der Waals surface area contributed by atoms with Gasteiger partial charge in [-0.3, -0.25) is 14.5 Å². The van der Waals surface area contributed by atoms with Crippen molar-refractivity contribution in [3.63, 3.8) is 0 Å². The van der Waals surface area contributed by atoms with E-state index in [-0.39, 0.29) is 30.3 Å². The molecular formula is C17H20ClN3O2S. The lowest BCUT2D eigenvalue weighted by molar-refractivity contribution is -0.138. The van der Waals surface area contributed by atoms with Gasteiger partial charge in [-0.25, -0.2) is 0 Å². The van der Waals surface area contributed by atoms with Crippen LogP contribution in [0.3, 0.4) is 0 Å². The summed E-state index contributed by atoms with van der Waals surface area (Å²) in [5.74, 6) is -0.309. The summed E-state index contributed by atoms with van der Waals surface area (Å²) in [6.07, 6.45) is 4.00. The Balaban J connectivity index is 1.56. The van der Waals surface area contributed by atoms with E-state index in [0.717, 1.165) is 31.2 Å². The van der Waals surface area contributed by atoms with Crippen molar-refractivity contribution in [3.05, 3.63) is 34.9 Å². The quantitative estimate of drug-likeness (QED) is 0.803. The molecular weight excluding hydrogens is 346 g/mol. The van der Waals surface area contributed by atoms with E-state index in [2.05, 4.69) is 10.6 Å². The monoisotopic (exact) mass is 365 g/mol. The number of hydrogen-bond donors (Lipinski definition) is 2. The van der Waals surface area contributed by atoms with Crippen LogP contribution in [-0.4, -0.2) is 34.4 Å². The first kappa shape index (κ1) is 17.2. The number of hydrogen-bond acceptors (Lipinski definition) is 3. The Morgan fingerprint density at radius 2 is 2.00 bits per heavy atom. The molecule has 7 heteroatoms. The molecule has 1 aliphatic heterocycles. The van der Waals surface area contributed by atoms with Crippen molar-refractivity contribution in [1.29, 1.82) is 0 Å². The Morgan fingerprint density at radius 3 is 2.75 bits per heavy atom. The third kappa shape index (κ3) is 3.87. The Bertz CT molecular complexity index is 650. The van der Waals surface area contributed by atoms with E-state index in [4.69, 9.17) is 23.8 Å². The molecule has 5 nitrogen and oxygen atoms in total. The number of carbonyl (C=O) groups excluding carboxylic acids is 2. The highest BCUT2D eigenvalue weighted by Crippen LogP contribution is 2.29. The number of fused-ring (bicyclic) bond motifs is 1. The minimum atomic E-state index is -0.225. The van der Waals surface area contributed by atoms with Crippen LogP contribution in [0.15, 0.2) is 24.3 Å². The van der Waals surface area contributed by atoms with Gasteiger partial charge in [0.1, 0.15) is 6.54 Å². The van der Waals surface area contributed by atoms with Gasteiger partial charge in [-0.1, -0.05) is 36.6 Å². The fraction of sp³-hybridized carbons (Fsp3) is 0.471. The van der Waals surface area contributed by atoms with Crippen molar-refractivity contribution < 1.29 is 9.59 Å². The Hall–Kier alpha value is -1.66. The Morgan fingerprint density at radius 1 is 1.29 bits per heavy atom. The van der Waals surface area contributed by atoms with Gasteiger partial charge >= 0.3 is 0 Å². The molecule has 2 N–H and O–H groups in total. The van der Waals surface area contributed by atoms with E-state index >= 15 is 0 Å². The highest BCUT2D eigenvalue weighted by Gasteiger charge is 2.40. The summed E-state index contributed by atoms with van der Waals surface area (Å²) in [6.45, 7) is 0.353. The summed E-state index contributed by atoms with van der Waals surface area (Å²) in [6, 6.07) is 7.40. The smallest absolute Gasteiger partial charge is 0.240 e. The zero-order chi connectivity index (χ0) is 17.1. The molecule has 1 heterocycles. The number of thiocarbonyl (C=S) groups is 1. The zero-order valence-corrected chi connectivity index (χ0v) is 14.8. The maximum Gasteiger partial charge on any atom is 0.240 e. The van der Waals surface area contributed by atoms with Crippen molar-refractivity contribution in [3.8, 4) is 0 Å². The van der Waals surface area contributed by atoms with E-state index in [1.807, 2.05) is 12.1 Å². The minimum absolute atomic E-state index is 0.0231. The lowest BCUT2D eigenvalue weighted by atomic mass is 9.82. The van der Waals surface area contributed by atoms with Gasteiger partial charge in [0.25, 0.3) is 0 Å². The van der Waals surface area contributed by atoms with Gasteiger partial charge in [-0.2, -0.15) is 0 Å². The second-order valence-electron chi connectivity index (χ2n) is 6.27. The first-order valence-electron chi connectivity index (χ1n) is 8.17. The molecule has 0 bridgehead atoms. The van der Waals surface area contributed by atoms with Crippen LogP contribution >= 0.6 is 23.8 Å². The third-order valence-electron chi connectivity index (χ3n) is 4.61. The van der Waals surface area contributed by atoms with Crippen LogP contribution in [0, 0.1) is 5.92 Å². The third-order valence-corrected chi connectivity index (χ3v) is 5.20. The predicted molar refractivity (Wildman–Crippen MR) is 96.5 cm³/mol. The van der Waals surface area contributed by atoms with Crippen molar-refractivity contribution in [2.24, 2.45) is 5.92 Å². The molecule has 2 unspecified atom stereocenters. The molecule has 0 radical (unpaired) electrons. The highest BCUT2D eigenvalue weighted by atomic mass is 35.5. The summed E-state index contributed by atoms with van der Waals surface area (Å²) in [7, 11) is 0. The summed E-state index contributed by atoms with van der Waals surface area (Å²) < 4.78 is 0. The van der Waals surface area contributed by atoms with E-state index in [0.29, 0.717) is 16.7 Å². The number of amides is 2. The number of halogens is 1. The molecule has 0 spiro atoms. The molecule has 2 amide bonds. The molecule has 1 aliphatic carbocycles. The fourth-order valence-corrected chi connectivity index (χ4v) is 3.72. The lowest BCUT2D eigenvalue weighted by Gasteiger charge is -2.41. The van der Waals surface area contributed by atoms with Crippen molar-refractivity contribution in [1.82, 2.24) is 15.5 Å². The van der Waals surface area contributed by atoms with Gasteiger partial charge in [0, 0.05) is 17.6 Å². The zero-order valence-electron chi connectivity index (χ0n) is 13.3. The standard InChI is InChI=1S/C17H20ClN3O2S/c18-12-7-5-11(6-8-12)9-19-15(22)10-21-16(23)13-3-1-2-4-14(13)20-17(21)24/h5-8,13-14H,1-4,9-10H2,(H,19,22)(H,20,24). The maximum atomic E-state index is 12.6. The minimum Gasteiger partial charge on any atom is -0.359 e. The van der Waals surface area contributed by atoms with Crippen LogP contribution in [0.4, 0.5) is 0 Å². The molecule has 1 saturated carbocycles.